The number of benzene rings is 2. The van der Waals surface area contributed by atoms with E-state index in [1.54, 1.807) is 25.3 Å². The van der Waals surface area contributed by atoms with E-state index in [-0.39, 0.29) is 16.4 Å². The molecule has 2 aromatic rings. The van der Waals surface area contributed by atoms with Gasteiger partial charge in [0.15, 0.2) is 0 Å². The van der Waals surface area contributed by atoms with Crippen LogP contribution in [0.2, 0.25) is 0 Å². The number of carbonyl (C=O) groups is 1. The van der Waals surface area contributed by atoms with E-state index in [0.29, 0.717) is 31.0 Å². The maximum Gasteiger partial charge on any atom is 0.262 e. The molecule has 2 aromatic carbocycles. The SMILES string of the molecule is COCCCNC(=O)c1cccc(S(=O)(=O)Nc2cc(C)ccc2OC)c1. The van der Waals surface area contributed by atoms with E-state index < -0.39 is 10.0 Å². The highest BCUT2D eigenvalue weighted by Gasteiger charge is 2.18. The van der Waals surface area contributed by atoms with Crippen molar-refractivity contribution >= 4 is 21.6 Å². The fourth-order valence-electron chi connectivity index (χ4n) is 2.43. The van der Waals surface area contributed by atoms with Crippen LogP contribution in [0.15, 0.2) is 47.4 Å². The number of carbonyl (C=O) groups excluding carboxylic acids is 1. The van der Waals surface area contributed by atoms with Crippen molar-refractivity contribution in [1.29, 1.82) is 0 Å². The molecule has 0 unspecified atom stereocenters. The second-order valence-corrected chi connectivity index (χ2v) is 7.62. The van der Waals surface area contributed by atoms with E-state index in [2.05, 4.69) is 10.0 Å². The molecule has 2 rings (SSSR count). The normalized spacial score (nSPS) is 11.1. The highest BCUT2D eigenvalue weighted by molar-refractivity contribution is 7.92. The van der Waals surface area contributed by atoms with Gasteiger partial charge in [-0.15, -0.1) is 0 Å². The molecule has 7 nitrogen and oxygen atoms in total. The Morgan fingerprint density at radius 2 is 1.89 bits per heavy atom. The van der Waals surface area contributed by atoms with Gasteiger partial charge in [-0.25, -0.2) is 8.42 Å². The first-order valence-electron chi connectivity index (χ1n) is 8.42. The molecule has 8 heteroatoms. The van der Waals surface area contributed by atoms with Crippen molar-refractivity contribution in [3.8, 4) is 5.75 Å². The molecule has 0 fully saturated rings. The Bertz CT molecular complexity index is 897. The van der Waals surface area contributed by atoms with Gasteiger partial charge in [-0.2, -0.15) is 0 Å². The van der Waals surface area contributed by atoms with Crippen molar-refractivity contribution in [2.75, 3.05) is 32.1 Å². The Balaban J connectivity index is 2.19. The maximum atomic E-state index is 12.7. The molecule has 0 bridgehead atoms. The summed E-state index contributed by atoms with van der Waals surface area (Å²) in [6, 6.07) is 11.1. The summed E-state index contributed by atoms with van der Waals surface area (Å²) in [6.45, 7) is 2.84. The van der Waals surface area contributed by atoms with Crippen molar-refractivity contribution in [2.45, 2.75) is 18.2 Å². The number of rotatable bonds is 9. The molecule has 0 radical (unpaired) electrons. The minimum Gasteiger partial charge on any atom is -0.495 e. The van der Waals surface area contributed by atoms with Crippen LogP contribution in [0.3, 0.4) is 0 Å². The summed E-state index contributed by atoms with van der Waals surface area (Å²) in [4.78, 5) is 12.2. The fraction of sp³-hybridized carbons (Fsp3) is 0.316. The molecule has 0 aromatic heterocycles. The minimum atomic E-state index is -3.88. The van der Waals surface area contributed by atoms with Crippen LogP contribution in [-0.4, -0.2) is 41.7 Å². The van der Waals surface area contributed by atoms with E-state index in [1.165, 1.54) is 25.3 Å². The molecule has 0 aliphatic rings. The standard InChI is InChI=1S/C19H24N2O5S/c1-14-8-9-18(26-3)17(12-14)21-27(23,24)16-7-4-6-15(13-16)19(22)20-10-5-11-25-2/h4,6-9,12-13,21H,5,10-11H2,1-3H3,(H,20,22). The van der Waals surface area contributed by atoms with E-state index in [1.807, 2.05) is 13.0 Å². The highest BCUT2D eigenvalue weighted by atomic mass is 32.2. The third-order valence-corrected chi connectivity index (χ3v) is 5.18. The monoisotopic (exact) mass is 392 g/mol. The summed E-state index contributed by atoms with van der Waals surface area (Å²) >= 11 is 0. The smallest absolute Gasteiger partial charge is 0.262 e. The first kappa shape index (κ1) is 20.7. The van der Waals surface area contributed by atoms with Crippen LogP contribution in [0.5, 0.6) is 5.75 Å². The first-order chi connectivity index (χ1) is 12.9. The summed E-state index contributed by atoms with van der Waals surface area (Å²) in [7, 11) is -0.819. The molecule has 146 valence electrons. The molecule has 2 N–H and O–H groups in total. The third kappa shape index (κ3) is 5.70. The zero-order valence-electron chi connectivity index (χ0n) is 15.6. The van der Waals surface area contributed by atoms with Crippen molar-refractivity contribution < 1.29 is 22.7 Å². The third-order valence-electron chi connectivity index (χ3n) is 3.82. The molecular weight excluding hydrogens is 368 g/mol. The van der Waals surface area contributed by atoms with Crippen molar-refractivity contribution in [3.63, 3.8) is 0 Å². The van der Waals surface area contributed by atoms with E-state index >= 15 is 0 Å². The largest absolute Gasteiger partial charge is 0.495 e. The lowest BCUT2D eigenvalue weighted by atomic mass is 10.2. The molecule has 0 aliphatic heterocycles. The summed E-state index contributed by atoms with van der Waals surface area (Å²) in [6.07, 6.45) is 0.676. The highest BCUT2D eigenvalue weighted by Crippen LogP contribution is 2.28. The molecule has 0 aliphatic carbocycles. The molecule has 1 amide bonds. The van der Waals surface area contributed by atoms with Gasteiger partial charge in [-0.05, 0) is 49.2 Å². The fourth-order valence-corrected chi connectivity index (χ4v) is 3.54. The number of amides is 1. The summed E-state index contributed by atoms with van der Waals surface area (Å²) in [5, 5.41) is 2.73. The predicted molar refractivity (Wildman–Crippen MR) is 104 cm³/mol. The van der Waals surface area contributed by atoms with Gasteiger partial charge in [0.2, 0.25) is 0 Å². The topological polar surface area (TPSA) is 93.7 Å². The van der Waals surface area contributed by atoms with Crippen molar-refractivity contribution in [2.24, 2.45) is 0 Å². The van der Waals surface area contributed by atoms with Crippen LogP contribution in [-0.2, 0) is 14.8 Å². The summed E-state index contributed by atoms with van der Waals surface area (Å²) < 4.78 is 38.1. The number of ether oxygens (including phenoxy) is 2. The average molecular weight is 392 g/mol. The number of hydrogen-bond acceptors (Lipinski definition) is 5. The molecule has 0 heterocycles. The Morgan fingerprint density at radius 1 is 1.11 bits per heavy atom. The Kier molecular flexibility index (Phi) is 7.20. The van der Waals surface area contributed by atoms with Crippen LogP contribution in [0.1, 0.15) is 22.3 Å². The number of sulfonamides is 1. The molecule has 0 saturated heterocycles. The Morgan fingerprint density at radius 3 is 2.59 bits per heavy atom. The van der Waals surface area contributed by atoms with Crippen LogP contribution >= 0.6 is 0 Å². The van der Waals surface area contributed by atoms with Gasteiger partial charge in [0, 0.05) is 25.8 Å². The van der Waals surface area contributed by atoms with E-state index in [0.717, 1.165) is 5.56 Å². The number of nitrogens with one attached hydrogen (secondary N) is 2. The van der Waals surface area contributed by atoms with Crippen LogP contribution in [0.4, 0.5) is 5.69 Å². The van der Waals surface area contributed by atoms with Crippen LogP contribution in [0, 0.1) is 6.92 Å². The Hall–Kier alpha value is -2.58. The number of anilines is 1. The molecular formula is C19H24N2O5S. The van der Waals surface area contributed by atoms with Gasteiger partial charge >= 0.3 is 0 Å². The van der Waals surface area contributed by atoms with E-state index in [9.17, 15) is 13.2 Å². The molecule has 0 spiro atoms. The second-order valence-electron chi connectivity index (χ2n) is 5.94. The van der Waals surface area contributed by atoms with Gasteiger partial charge in [0.05, 0.1) is 17.7 Å². The lowest BCUT2D eigenvalue weighted by Gasteiger charge is -2.13. The lowest BCUT2D eigenvalue weighted by Crippen LogP contribution is -2.25. The molecule has 0 saturated carbocycles. The lowest BCUT2D eigenvalue weighted by molar-refractivity contribution is 0.0948. The first-order valence-corrected chi connectivity index (χ1v) is 9.90. The Labute approximate surface area is 159 Å². The van der Waals surface area contributed by atoms with Crippen molar-refractivity contribution in [1.82, 2.24) is 5.32 Å². The maximum absolute atomic E-state index is 12.7. The predicted octanol–water partition coefficient (Wildman–Crippen LogP) is 2.57. The zero-order chi connectivity index (χ0) is 19.9. The summed E-state index contributed by atoms with van der Waals surface area (Å²) in [5.41, 5.74) is 1.50. The average Bonchev–Trinajstić information content (AvgIpc) is 2.65. The summed E-state index contributed by atoms with van der Waals surface area (Å²) in [5.74, 6) is 0.0764. The van der Waals surface area contributed by atoms with Crippen LogP contribution in [0.25, 0.3) is 0 Å². The van der Waals surface area contributed by atoms with E-state index in [4.69, 9.17) is 9.47 Å². The number of hydrogen-bond donors (Lipinski definition) is 2. The van der Waals surface area contributed by atoms with Crippen LogP contribution < -0.4 is 14.8 Å². The zero-order valence-corrected chi connectivity index (χ0v) is 16.4. The van der Waals surface area contributed by atoms with Crippen molar-refractivity contribution in [3.05, 3.63) is 53.6 Å². The minimum absolute atomic E-state index is 0.00407. The van der Waals surface area contributed by atoms with Gasteiger partial charge in [-0.3, -0.25) is 9.52 Å². The van der Waals surface area contributed by atoms with Gasteiger partial charge < -0.3 is 14.8 Å². The number of aryl methyl sites for hydroxylation is 1. The van der Waals surface area contributed by atoms with Gasteiger partial charge in [-0.1, -0.05) is 12.1 Å². The van der Waals surface area contributed by atoms with Gasteiger partial charge in [0.25, 0.3) is 15.9 Å². The molecule has 0 atom stereocenters. The quantitative estimate of drug-likeness (QED) is 0.640. The second kappa shape index (κ2) is 9.38. The number of methoxy groups -OCH3 is 2. The molecule has 27 heavy (non-hydrogen) atoms. The van der Waals surface area contributed by atoms with Gasteiger partial charge in [0.1, 0.15) is 5.75 Å².